The predicted molar refractivity (Wildman–Crippen MR) is 66.7 cm³/mol. The Kier molecular flexibility index (Phi) is 4.52. The van der Waals surface area contributed by atoms with Crippen molar-refractivity contribution >= 4 is 0 Å². The van der Waals surface area contributed by atoms with E-state index in [1.54, 1.807) is 0 Å². The molecule has 1 fully saturated rings. The number of nitrogens with zero attached hydrogens (tertiary/aromatic N) is 1. The van der Waals surface area contributed by atoms with Crippen LogP contribution in [0.25, 0.3) is 0 Å². The molecular weight excluding hydrogens is 252 g/mol. The van der Waals surface area contributed by atoms with Gasteiger partial charge in [0.15, 0.2) is 0 Å². The number of ether oxygens (including phenoxy) is 1. The smallest absolute Gasteiger partial charge is 0.330 e. The number of hydrogen-bond acceptors (Lipinski definition) is 5. The number of nitrogens with one attached hydrogen (secondary N) is 1. The number of aromatic amines is 1. The standard InChI is InChI=1S/C12H18N2O5/c15-5-2-8-7-9(3-6-16)19-11(8)14-4-1-10(17)13-12(14)18/h1,4,8-9,11,15-16H,2-3,5-7H2,(H,13,17,18). The van der Waals surface area contributed by atoms with Crippen LogP contribution in [0, 0.1) is 5.92 Å². The zero-order chi connectivity index (χ0) is 13.8. The molecule has 0 amide bonds. The molecule has 1 aromatic rings. The third kappa shape index (κ3) is 3.12. The SMILES string of the molecule is O=c1ccn(C2OC(CCO)CC2CCO)c(=O)[nH]1. The van der Waals surface area contributed by atoms with Gasteiger partial charge in [0.25, 0.3) is 5.56 Å². The molecule has 7 nitrogen and oxygen atoms in total. The van der Waals surface area contributed by atoms with E-state index >= 15 is 0 Å². The van der Waals surface area contributed by atoms with Gasteiger partial charge in [-0.15, -0.1) is 0 Å². The maximum absolute atomic E-state index is 11.8. The molecule has 2 heterocycles. The lowest BCUT2D eigenvalue weighted by atomic mass is 9.98. The van der Waals surface area contributed by atoms with Crippen LogP contribution in [0.3, 0.4) is 0 Å². The van der Waals surface area contributed by atoms with Crippen molar-refractivity contribution in [2.24, 2.45) is 5.92 Å². The summed E-state index contributed by atoms with van der Waals surface area (Å²) in [6.07, 6.45) is 2.45. The van der Waals surface area contributed by atoms with Gasteiger partial charge in [0.05, 0.1) is 6.10 Å². The number of hydrogen-bond donors (Lipinski definition) is 3. The minimum atomic E-state index is -0.523. The van der Waals surface area contributed by atoms with E-state index in [4.69, 9.17) is 14.9 Å². The van der Waals surface area contributed by atoms with Crippen molar-refractivity contribution in [3.63, 3.8) is 0 Å². The summed E-state index contributed by atoms with van der Waals surface area (Å²) in [7, 11) is 0. The number of rotatable bonds is 5. The molecular formula is C12H18N2O5. The zero-order valence-electron chi connectivity index (χ0n) is 10.5. The molecule has 0 radical (unpaired) electrons. The van der Waals surface area contributed by atoms with Crippen LogP contribution in [0.15, 0.2) is 21.9 Å². The molecule has 0 aliphatic carbocycles. The third-order valence-electron chi connectivity index (χ3n) is 3.38. The molecule has 1 aliphatic rings. The molecule has 3 atom stereocenters. The summed E-state index contributed by atoms with van der Waals surface area (Å²) in [5.41, 5.74) is -0.977. The second-order valence-electron chi connectivity index (χ2n) is 4.69. The summed E-state index contributed by atoms with van der Waals surface area (Å²) in [6.45, 7) is 0.0260. The average Bonchev–Trinajstić information content (AvgIpc) is 2.73. The highest BCUT2D eigenvalue weighted by Crippen LogP contribution is 2.36. The highest BCUT2D eigenvalue weighted by atomic mass is 16.5. The van der Waals surface area contributed by atoms with Crippen LogP contribution in [0.2, 0.25) is 0 Å². The van der Waals surface area contributed by atoms with Crippen molar-refractivity contribution in [3.05, 3.63) is 33.1 Å². The number of aliphatic hydroxyl groups excluding tert-OH is 2. The Morgan fingerprint density at radius 3 is 2.68 bits per heavy atom. The Bertz CT molecular complexity index is 523. The van der Waals surface area contributed by atoms with Crippen molar-refractivity contribution in [1.82, 2.24) is 9.55 Å². The molecule has 0 spiro atoms. The minimum absolute atomic E-state index is 0.00841. The van der Waals surface area contributed by atoms with Crippen LogP contribution >= 0.6 is 0 Å². The molecule has 1 aromatic heterocycles. The molecule has 3 N–H and O–H groups in total. The second kappa shape index (κ2) is 6.14. The van der Waals surface area contributed by atoms with Gasteiger partial charge >= 0.3 is 5.69 Å². The zero-order valence-corrected chi connectivity index (χ0v) is 10.5. The first-order valence-electron chi connectivity index (χ1n) is 6.34. The van der Waals surface area contributed by atoms with E-state index in [1.807, 2.05) is 0 Å². The maximum atomic E-state index is 11.8. The Morgan fingerprint density at radius 2 is 2.05 bits per heavy atom. The first kappa shape index (κ1) is 14.0. The number of H-pyrrole nitrogens is 1. The van der Waals surface area contributed by atoms with Gasteiger partial charge in [0.1, 0.15) is 6.23 Å². The molecule has 106 valence electrons. The van der Waals surface area contributed by atoms with Crippen molar-refractivity contribution in [1.29, 1.82) is 0 Å². The Balaban J connectivity index is 2.24. The molecule has 2 rings (SSSR count). The normalized spacial score (nSPS) is 26.7. The highest BCUT2D eigenvalue weighted by Gasteiger charge is 2.36. The lowest BCUT2D eigenvalue weighted by Crippen LogP contribution is -2.33. The van der Waals surface area contributed by atoms with Crippen LogP contribution in [0.1, 0.15) is 25.5 Å². The fraction of sp³-hybridized carbons (Fsp3) is 0.667. The summed E-state index contributed by atoms with van der Waals surface area (Å²) in [6, 6.07) is 1.26. The third-order valence-corrected chi connectivity index (χ3v) is 3.38. The van der Waals surface area contributed by atoms with Gasteiger partial charge in [0, 0.05) is 31.4 Å². The van der Waals surface area contributed by atoms with Gasteiger partial charge in [-0.25, -0.2) is 4.79 Å². The first-order chi connectivity index (χ1) is 9.15. The number of aliphatic hydroxyl groups is 2. The van der Waals surface area contributed by atoms with E-state index in [0.717, 1.165) is 0 Å². The topological polar surface area (TPSA) is 105 Å². The van der Waals surface area contributed by atoms with Gasteiger partial charge in [-0.05, 0) is 19.3 Å². The van der Waals surface area contributed by atoms with Crippen molar-refractivity contribution in [2.75, 3.05) is 13.2 Å². The van der Waals surface area contributed by atoms with Crippen molar-refractivity contribution < 1.29 is 14.9 Å². The summed E-state index contributed by atoms with van der Waals surface area (Å²) < 4.78 is 7.08. The fourth-order valence-electron chi connectivity index (χ4n) is 2.49. The molecule has 7 heteroatoms. The monoisotopic (exact) mass is 270 g/mol. The van der Waals surface area contributed by atoms with Crippen LogP contribution in [0.5, 0.6) is 0 Å². The average molecular weight is 270 g/mol. The van der Waals surface area contributed by atoms with E-state index in [-0.39, 0.29) is 25.2 Å². The van der Waals surface area contributed by atoms with E-state index in [2.05, 4.69) is 4.98 Å². The van der Waals surface area contributed by atoms with Gasteiger partial charge in [-0.1, -0.05) is 0 Å². The van der Waals surface area contributed by atoms with E-state index < -0.39 is 17.5 Å². The molecule has 19 heavy (non-hydrogen) atoms. The highest BCUT2D eigenvalue weighted by molar-refractivity contribution is 4.88. The lowest BCUT2D eigenvalue weighted by molar-refractivity contribution is -0.0258. The van der Waals surface area contributed by atoms with Crippen molar-refractivity contribution in [3.8, 4) is 0 Å². The van der Waals surface area contributed by atoms with Gasteiger partial charge in [-0.3, -0.25) is 14.3 Å². The van der Waals surface area contributed by atoms with Gasteiger partial charge in [0.2, 0.25) is 0 Å². The van der Waals surface area contributed by atoms with Crippen LogP contribution in [0.4, 0.5) is 0 Å². The largest absolute Gasteiger partial charge is 0.396 e. The number of aromatic nitrogens is 2. The predicted octanol–water partition coefficient (Wildman–Crippen LogP) is -0.795. The molecule has 3 unspecified atom stereocenters. The first-order valence-corrected chi connectivity index (χ1v) is 6.34. The molecule has 1 aliphatic heterocycles. The Morgan fingerprint density at radius 1 is 1.32 bits per heavy atom. The van der Waals surface area contributed by atoms with Crippen molar-refractivity contribution in [2.45, 2.75) is 31.6 Å². The Hall–Kier alpha value is -1.44. The van der Waals surface area contributed by atoms with Crippen LogP contribution < -0.4 is 11.2 Å². The fourth-order valence-corrected chi connectivity index (χ4v) is 2.49. The second-order valence-corrected chi connectivity index (χ2v) is 4.69. The van der Waals surface area contributed by atoms with Crippen LogP contribution in [-0.2, 0) is 4.74 Å². The molecule has 0 aromatic carbocycles. The van der Waals surface area contributed by atoms with Crippen LogP contribution in [-0.4, -0.2) is 39.1 Å². The molecule has 1 saturated heterocycles. The maximum Gasteiger partial charge on any atom is 0.330 e. The summed E-state index contributed by atoms with van der Waals surface area (Å²) in [5, 5.41) is 18.0. The van der Waals surface area contributed by atoms with E-state index in [0.29, 0.717) is 19.3 Å². The molecule has 0 bridgehead atoms. The molecule has 0 saturated carbocycles. The van der Waals surface area contributed by atoms with Gasteiger partial charge < -0.3 is 14.9 Å². The Labute approximate surface area is 109 Å². The lowest BCUT2D eigenvalue weighted by Gasteiger charge is -2.19. The summed E-state index contributed by atoms with van der Waals surface area (Å²) in [4.78, 5) is 25.0. The minimum Gasteiger partial charge on any atom is -0.396 e. The summed E-state index contributed by atoms with van der Waals surface area (Å²) in [5.74, 6) is -0.00912. The van der Waals surface area contributed by atoms with E-state index in [1.165, 1.54) is 16.8 Å². The van der Waals surface area contributed by atoms with E-state index in [9.17, 15) is 9.59 Å². The quantitative estimate of drug-likeness (QED) is 0.650. The van der Waals surface area contributed by atoms with Gasteiger partial charge in [-0.2, -0.15) is 0 Å². The summed E-state index contributed by atoms with van der Waals surface area (Å²) >= 11 is 0.